The summed E-state index contributed by atoms with van der Waals surface area (Å²) in [6, 6.07) is 8.95. The van der Waals surface area contributed by atoms with Crippen LogP contribution >= 0.6 is 15.9 Å². The van der Waals surface area contributed by atoms with E-state index in [9.17, 15) is 0 Å². The average molecular weight is 238 g/mol. The highest BCUT2D eigenvalue weighted by Gasteiger charge is 2.18. The van der Waals surface area contributed by atoms with Gasteiger partial charge in [0.15, 0.2) is 0 Å². The van der Waals surface area contributed by atoms with Crippen LogP contribution in [0, 0.1) is 0 Å². The summed E-state index contributed by atoms with van der Waals surface area (Å²) < 4.78 is 1.14. The van der Waals surface area contributed by atoms with Crippen molar-refractivity contribution in [2.24, 2.45) is 0 Å². The quantitative estimate of drug-likeness (QED) is 0.852. The molecule has 0 atom stereocenters. The Morgan fingerprint density at radius 1 is 1.31 bits per heavy atom. The lowest BCUT2D eigenvalue weighted by Gasteiger charge is -1.97. The summed E-state index contributed by atoms with van der Waals surface area (Å²) >= 11 is 3.50. The Morgan fingerprint density at radius 3 is 2.77 bits per heavy atom. The van der Waals surface area contributed by atoms with Crippen molar-refractivity contribution in [2.75, 3.05) is 0 Å². The Hall–Kier alpha value is -0.760. The number of hydrogen-bond acceptors (Lipinski definition) is 1. The summed E-state index contributed by atoms with van der Waals surface area (Å²) in [5.74, 6) is 0. The van der Waals surface area contributed by atoms with Crippen molar-refractivity contribution >= 4 is 22.0 Å². The van der Waals surface area contributed by atoms with E-state index in [2.05, 4.69) is 39.5 Å². The number of hydrogen-bond donors (Lipinski definition) is 1. The lowest BCUT2D eigenvalue weighted by atomic mass is 10.2. The molecule has 0 aliphatic heterocycles. The third kappa shape index (κ3) is 2.59. The molecule has 0 radical (unpaired) electrons. The topological polar surface area (TPSA) is 12.0 Å². The molecular weight excluding hydrogens is 226 g/mol. The molecule has 0 unspecified atom stereocenters. The molecule has 0 spiro atoms. The third-order valence-corrected chi connectivity index (χ3v) is 2.80. The first-order chi connectivity index (χ1) is 6.36. The second-order valence-electron chi connectivity index (χ2n) is 3.30. The van der Waals surface area contributed by atoms with E-state index in [1.54, 1.807) is 0 Å². The van der Waals surface area contributed by atoms with Gasteiger partial charge < -0.3 is 5.32 Å². The van der Waals surface area contributed by atoms with Crippen LogP contribution in [0.3, 0.4) is 0 Å². The molecule has 1 saturated carbocycles. The smallest absolute Gasteiger partial charge is 0.0257 e. The minimum atomic E-state index is 0.735. The molecule has 0 amide bonds. The lowest BCUT2D eigenvalue weighted by molar-refractivity contribution is 0.867. The minimum Gasteiger partial charge on any atom is -0.388 e. The lowest BCUT2D eigenvalue weighted by Crippen LogP contribution is -2.05. The van der Waals surface area contributed by atoms with Crippen molar-refractivity contribution in [1.82, 2.24) is 5.32 Å². The van der Waals surface area contributed by atoms with Crippen LogP contribution < -0.4 is 5.32 Å². The normalized spacial score (nSPS) is 16.4. The molecule has 2 heteroatoms. The van der Waals surface area contributed by atoms with Gasteiger partial charge in [-0.3, -0.25) is 0 Å². The van der Waals surface area contributed by atoms with E-state index in [0.717, 1.165) is 10.5 Å². The Kier molecular flexibility index (Phi) is 2.69. The van der Waals surface area contributed by atoms with E-state index in [-0.39, 0.29) is 0 Å². The summed E-state index contributed by atoms with van der Waals surface area (Å²) in [6.07, 6.45) is 6.78. The first kappa shape index (κ1) is 8.82. The molecule has 1 aromatic carbocycles. The predicted molar refractivity (Wildman–Crippen MR) is 59.3 cm³/mol. The molecule has 1 aliphatic rings. The van der Waals surface area contributed by atoms with Crippen LogP contribution in [-0.2, 0) is 0 Å². The van der Waals surface area contributed by atoms with E-state index >= 15 is 0 Å². The highest BCUT2D eigenvalue weighted by atomic mass is 79.9. The molecule has 68 valence electrons. The van der Waals surface area contributed by atoms with Gasteiger partial charge in [0.1, 0.15) is 0 Å². The SMILES string of the molecule is Brc1ccccc1C=CNC1CC1. The van der Waals surface area contributed by atoms with Gasteiger partial charge >= 0.3 is 0 Å². The molecule has 0 aromatic heterocycles. The van der Waals surface area contributed by atoms with Gasteiger partial charge in [0.05, 0.1) is 0 Å². The number of nitrogens with one attached hydrogen (secondary N) is 1. The molecule has 0 saturated heterocycles. The maximum absolute atomic E-state index is 3.50. The van der Waals surface area contributed by atoms with E-state index in [1.165, 1.54) is 18.4 Å². The molecule has 1 nitrogen and oxygen atoms in total. The van der Waals surface area contributed by atoms with Gasteiger partial charge in [0.25, 0.3) is 0 Å². The second-order valence-corrected chi connectivity index (χ2v) is 4.15. The molecule has 0 bridgehead atoms. The van der Waals surface area contributed by atoms with Crippen molar-refractivity contribution in [2.45, 2.75) is 18.9 Å². The largest absolute Gasteiger partial charge is 0.388 e. The van der Waals surface area contributed by atoms with E-state index in [1.807, 2.05) is 18.3 Å². The van der Waals surface area contributed by atoms with Gasteiger partial charge in [-0.05, 0) is 36.7 Å². The van der Waals surface area contributed by atoms with Crippen molar-refractivity contribution in [3.63, 3.8) is 0 Å². The zero-order chi connectivity index (χ0) is 9.10. The molecule has 1 fully saturated rings. The molecule has 1 aromatic rings. The summed E-state index contributed by atoms with van der Waals surface area (Å²) in [7, 11) is 0. The van der Waals surface area contributed by atoms with E-state index in [4.69, 9.17) is 0 Å². The number of benzene rings is 1. The Labute approximate surface area is 87.0 Å². The molecule has 1 aliphatic carbocycles. The van der Waals surface area contributed by atoms with Gasteiger partial charge in [-0.15, -0.1) is 0 Å². The number of rotatable bonds is 3. The van der Waals surface area contributed by atoms with Crippen molar-refractivity contribution in [3.8, 4) is 0 Å². The van der Waals surface area contributed by atoms with Crippen LogP contribution in [-0.4, -0.2) is 6.04 Å². The van der Waals surface area contributed by atoms with Crippen molar-refractivity contribution in [3.05, 3.63) is 40.5 Å². The highest BCUT2D eigenvalue weighted by Crippen LogP contribution is 2.20. The first-order valence-electron chi connectivity index (χ1n) is 4.53. The fraction of sp³-hybridized carbons (Fsp3) is 0.273. The van der Waals surface area contributed by atoms with Gasteiger partial charge in [-0.1, -0.05) is 34.1 Å². The van der Waals surface area contributed by atoms with E-state index in [0.29, 0.717) is 0 Å². The Bertz CT molecular complexity index is 316. The van der Waals surface area contributed by atoms with Gasteiger partial charge in [0.2, 0.25) is 0 Å². The summed E-state index contributed by atoms with van der Waals surface area (Å²) in [5, 5.41) is 3.33. The van der Waals surface area contributed by atoms with Crippen molar-refractivity contribution in [1.29, 1.82) is 0 Å². The molecule has 2 rings (SSSR count). The van der Waals surface area contributed by atoms with Crippen LogP contribution in [0.4, 0.5) is 0 Å². The standard InChI is InChI=1S/C11H12BrN/c12-11-4-2-1-3-9(11)7-8-13-10-5-6-10/h1-4,7-8,10,13H,5-6H2. The van der Waals surface area contributed by atoms with Crippen LogP contribution in [0.25, 0.3) is 6.08 Å². The molecule has 1 N–H and O–H groups in total. The summed E-state index contributed by atoms with van der Waals surface area (Å²) in [4.78, 5) is 0. The van der Waals surface area contributed by atoms with Crippen LogP contribution in [0.2, 0.25) is 0 Å². The second kappa shape index (κ2) is 3.97. The number of halogens is 1. The maximum Gasteiger partial charge on any atom is 0.0257 e. The predicted octanol–water partition coefficient (Wildman–Crippen LogP) is 3.17. The fourth-order valence-electron chi connectivity index (χ4n) is 1.13. The maximum atomic E-state index is 3.50. The summed E-state index contributed by atoms with van der Waals surface area (Å²) in [6.45, 7) is 0. The Morgan fingerprint density at radius 2 is 2.08 bits per heavy atom. The van der Waals surface area contributed by atoms with E-state index < -0.39 is 0 Å². The van der Waals surface area contributed by atoms with Crippen LogP contribution in [0.15, 0.2) is 34.9 Å². The monoisotopic (exact) mass is 237 g/mol. The zero-order valence-electron chi connectivity index (χ0n) is 7.33. The molecular formula is C11H12BrN. The highest BCUT2D eigenvalue weighted by molar-refractivity contribution is 9.10. The average Bonchev–Trinajstić information content (AvgIpc) is 2.92. The van der Waals surface area contributed by atoms with Crippen LogP contribution in [0.1, 0.15) is 18.4 Å². The third-order valence-electron chi connectivity index (χ3n) is 2.08. The molecule has 13 heavy (non-hydrogen) atoms. The fourth-order valence-corrected chi connectivity index (χ4v) is 1.55. The Balaban J connectivity index is 1.99. The molecule has 0 heterocycles. The van der Waals surface area contributed by atoms with Gasteiger partial charge in [0, 0.05) is 10.5 Å². The minimum absolute atomic E-state index is 0.735. The summed E-state index contributed by atoms with van der Waals surface area (Å²) in [5.41, 5.74) is 1.22. The zero-order valence-corrected chi connectivity index (χ0v) is 8.92. The van der Waals surface area contributed by atoms with Crippen LogP contribution in [0.5, 0.6) is 0 Å². The van der Waals surface area contributed by atoms with Crippen molar-refractivity contribution < 1.29 is 0 Å². The van der Waals surface area contributed by atoms with Gasteiger partial charge in [-0.2, -0.15) is 0 Å². The van der Waals surface area contributed by atoms with Gasteiger partial charge in [-0.25, -0.2) is 0 Å². The first-order valence-corrected chi connectivity index (χ1v) is 5.33.